The number of ketones is 1. The maximum absolute atomic E-state index is 13.0. The third-order valence-electron chi connectivity index (χ3n) is 2.48. The SMILES string of the molecule is CNCC(=O)c1cc2ncc(F)cc2n1C. The molecule has 2 heterocycles. The molecule has 0 saturated heterocycles. The molecule has 0 aromatic carbocycles. The minimum atomic E-state index is -0.402. The van der Waals surface area contributed by atoms with Crippen molar-refractivity contribution in [3.63, 3.8) is 0 Å². The van der Waals surface area contributed by atoms with Crippen molar-refractivity contribution < 1.29 is 9.18 Å². The molecule has 0 aliphatic rings. The summed E-state index contributed by atoms with van der Waals surface area (Å²) in [4.78, 5) is 15.7. The largest absolute Gasteiger partial charge is 0.340 e. The Morgan fingerprint density at radius 3 is 3.00 bits per heavy atom. The van der Waals surface area contributed by atoms with Crippen molar-refractivity contribution in [3.8, 4) is 0 Å². The fourth-order valence-electron chi connectivity index (χ4n) is 1.69. The lowest BCUT2D eigenvalue weighted by Gasteiger charge is -2.02. The van der Waals surface area contributed by atoms with E-state index in [9.17, 15) is 9.18 Å². The number of nitrogens with zero attached hydrogens (tertiary/aromatic N) is 2. The van der Waals surface area contributed by atoms with Gasteiger partial charge in [-0.15, -0.1) is 0 Å². The molecule has 0 bridgehead atoms. The summed E-state index contributed by atoms with van der Waals surface area (Å²) in [5, 5.41) is 2.79. The molecule has 0 saturated carbocycles. The molecule has 84 valence electrons. The van der Waals surface area contributed by atoms with Crippen LogP contribution in [0.1, 0.15) is 10.5 Å². The van der Waals surface area contributed by atoms with Crippen LogP contribution in [0.2, 0.25) is 0 Å². The normalized spacial score (nSPS) is 10.9. The molecule has 0 atom stereocenters. The lowest BCUT2D eigenvalue weighted by atomic mass is 10.3. The zero-order valence-corrected chi connectivity index (χ0v) is 9.12. The zero-order valence-electron chi connectivity index (χ0n) is 9.12. The van der Waals surface area contributed by atoms with Gasteiger partial charge in [-0.2, -0.15) is 0 Å². The quantitative estimate of drug-likeness (QED) is 0.790. The highest BCUT2D eigenvalue weighted by molar-refractivity contribution is 6.00. The van der Waals surface area contributed by atoms with Crippen LogP contribution in [0, 0.1) is 5.82 Å². The molecule has 2 rings (SSSR count). The Morgan fingerprint density at radius 1 is 1.56 bits per heavy atom. The fourth-order valence-corrected chi connectivity index (χ4v) is 1.69. The average Bonchev–Trinajstić information content (AvgIpc) is 2.57. The number of hydrogen-bond donors (Lipinski definition) is 1. The lowest BCUT2D eigenvalue weighted by molar-refractivity contribution is 0.0986. The van der Waals surface area contributed by atoms with Crippen LogP contribution in [-0.2, 0) is 7.05 Å². The highest BCUT2D eigenvalue weighted by atomic mass is 19.1. The number of Topliss-reactive ketones (excluding diaryl/α,β-unsaturated/α-hetero) is 1. The lowest BCUT2D eigenvalue weighted by Crippen LogP contribution is -2.20. The van der Waals surface area contributed by atoms with Gasteiger partial charge in [-0.1, -0.05) is 0 Å². The Labute approximate surface area is 92.1 Å². The van der Waals surface area contributed by atoms with Crippen molar-refractivity contribution >= 4 is 16.8 Å². The van der Waals surface area contributed by atoms with Crippen molar-refractivity contribution in [1.82, 2.24) is 14.9 Å². The molecule has 0 amide bonds. The Balaban J connectivity index is 2.56. The Morgan fingerprint density at radius 2 is 2.31 bits per heavy atom. The second-order valence-corrected chi connectivity index (χ2v) is 3.60. The molecular weight excluding hydrogens is 209 g/mol. The molecule has 0 spiro atoms. The van der Waals surface area contributed by atoms with Crippen LogP contribution in [0.4, 0.5) is 4.39 Å². The predicted molar refractivity (Wildman–Crippen MR) is 58.9 cm³/mol. The molecule has 1 N–H and O–H groups in total. The van der Waals surface area contributed by atoms with Crippen molar-refractivity contribution in [3.05, 3.63) is 29.8 Å². The van der Waals surface area contributed by atoms with Crippen molar-refractivity contribution in [2.45, 2.75) is 0 Å². The van der Waals surface area contributed by atoms with E-state index in [1.807, 2.05) is 0 Å². The van der Waals surface area contributed by atoms with E-state index in [1.54, 1.807) is 24.7 Å². The van der Waals surface area contributed by atoms with Gasteiger partial charge in [0.25, 0.3) is 0 Å². The van der Waals surface area contributed by atoms with Crippen LogP contribution in [-0.4, -0.2) is 28.9 Å². The van der Waals surface area contributed by atoms with Gasteiger partial charge in [0.1, 0.15) is 5.82 Å². The summed E-state index contributed by atoms with van der Waals surface area (Å²) in [6, 6.07) is 3.05. The highest BCUT2D eigenvalue weighted by Gasteiger charge is 2.13. The number of carbonyl (C=O) groups is 1. The number of aromatic nitrogens is 2. The van der Waals surface area contributed by atoms with Crippen LogP contribution in [0.25, 0.3) is 11.0 Å². The van der Waals surface area contributed by atoms with Gasteiger partial charge < -0.3 is 9.88 Å². The van der Waals surface area contributed by atoms with Gasteiger partial charge in [0.2, 0.25) is 0 Å². The summed E-state index contributed by atoms with van der Waals surface area (Å²) >= 11 is 0. The van der Waals surface area contributed by atoms with Crippen LogP contribution >= 0.6 is 0 Å². The van der Waals surface area contributed by atoms with E-state index in [0.29, 0.717) is 16.7 Å². The molecule has 5 heteroatoms. The maximum Gasteiger partial charge on any atom is 0.192 e. The first-order valence-electron chi connectivity index (χ1n) is 4.92. The van der Waals surface area contributed by atoms with E-state index in [-0.39, 0.29) is 12.3 Å². The molecule has 0 aliphatic heterocycles. The van der Waals surface area contributed by atoms with Crippen molar-refractivity contribution in [1.29, 1.82) is 0 Å². The molecule has 0 radical (unpaired) electrons. The number of aryl methyl sites for hydroxylation is 1. The van der Waals surface area contributed by atoms with Crippen LogP contribution in [0.3, 0.4) is 0 Å². The molecule has 0 fully saturated rings. The first-order valence-corrected chi connectivity index (χ1v) is 4.92. The molecule has 16 heavy (non-hydrogen) atoms. The van der Waals surface area contributed by atoms with Gasteiger partial charge in [0.05, 0.1) is 29.5 Å². The van der Waals surface area contributed by atoms with Crippen LogP contribution in [0.15, 0.2) is 18.3 Å². The molecule has 0 unspecified atom stereocenters. The Kier molecular flexibility index (Phi) is 2.70. The van der Waals surface area contributed by atoms with Gasteiger partial charge >= 0.3 is 0 Å². The number of rotatable bonds is 3. The average molecular weight is 221 g/mol. The number of fused-ring (bicyclic) bond motifs is 1. The van der Waals surface area contributed by atoms with Gasteiger partial charge in [-0.05, 0) is 13.1 Å². The molecule has 2 aromatic heterocycles. The van der Waals surface area contributed by atoms with Gasteiger partial charge in [-0.3, -0.25) is 9.78 Å². The van der Waals surface area contributed by atoms with E-state index < -0.39 is 5.82 Å². The number of carbonyl (C=O) groups excluding carboxylic acids is 1. The summed E-state index contributed by atoms with van der Waals surface area (Å²) in [7, 11) is 3.44. The predicted octanol–water partition coefficient (Wildman–Crippen LogP) is 1.11. The minimum absolute atomic E-state index is 0.0385. The molecule has 4 nitrogen and oxygen atoms in total. The number of pyridine rings is 1. The second kappa shape index (κ2) is 4.02. The standard InChI is InChI=1S/C11H12FN3O/c1-13-6-11(16)10-4-8-9(15(10)2)3-7(12)5-14-8/h3-5,13H,6H2,1-2H3. The Hall–Kier alpha value is -1.75. The number of likely N-dealkylation sites (N-methyl/N-ethyl adjacent to an activating group) is 1. The number of halogens is 1. The van der Waals surface area contributed by atoms with Crippen LogP contribution in [0.5, 0.6) is 0 Å². The monoisotopic (exact) mass is 221 g/mol. The smallest absolute Gasteiger partial charge is 0.192 e. The summed E-state index contributed by atoms with van der Waals surface area (Å²) in [6.45, 7) is 0.257. The van der Waals surface area contributed by atoms with E-state index in [1.165, 1.54) is 6.07 Å². The summed E-state index contributed by atoms with van der Waals surface area (Å²) < 4.78 is 14.7. The van der Waals surface area contributed by atoms with Crippen molar-refractivity contribution in [2.24, 2.45) is 7.05 Å². The molecular formula is C11H12FN3O. The van der Waals surface area contributed by atoms with Gasteiger partial charge in [0, 0.05) is 13.1 Å². The summed E-state index contributed by atoms with van der Waals surface area (Å²) in [5.74, 6) is -0.440. The summed E-state index contributed by atoms with van der Waals surface area (Å²) in [6.07, 6.45) is 1.15. The van der Waals surface area contributed by atoms with Gasteiger partial charge in [0.15, 0.2) is 5.78 Å². The zero-order chi connectivity index (χ0) is 11.7. The number of hydrogen-bond acceptors (Lipinski definition) is 3. The molecule has 2 aromatic rings. The fraction of sp³-hybridized carbons (Fsp3) is 0.273. The van der Waals surface area contributed by atoms with E-state index in [2.05, 4.69) is 10.3 Å². The minimum Gasteiger partial charge on any atom is -0.340 e. The van der Waals surface area contributed by atoms with E-state index in [4.69, 9.17) is 0 Å². The van der Waals surface area contributed by atoms with E-state index >= 15 is 0 Å². The van der Waals surface area contributed by atoms with E-state index in [0.717, 1.165) is 6.20 Å². The molecule has 0 aliphatic carbocycles. The highest BCUT2D eigenvalue weighted by Crippen LogP contribution is 2.17. The van der Waals surface area contributed by atoms with Gasteiger partial charge in [-0.25, -0.2) is 4.39 Å². The second-order valence-electron chi connectivity index (χ2n) is 3.60. The topological polar surface area (TPSA) is 46.9 Å². The number of nitrogens with one attached hydrogen (secondary N) is 1. The third kappa shape index (κ3) is 1.69. The third-order valence-corrected chi connectivity index (χ3v) is 2.48. The van der Waals surface area contributed by atoms with Crippen LogP contribution < -0.4 is 5.32 Å². The first kappa shape index (κ1) is 10.8. The summed E-state index contributed by atoms with van der Waals surface area (Å²) in [5.41, 5.74) is 1.78. The van der Waals surface area contributed by atoms with Crippen molar-refractivity contribution in [2.75, 3.05) is 13.6 Å². The first-order chi connectivity index (χ1) is 7.63. The maximum atomic E-state index is 13.0. The Bertz CT molecular complexity index is 547.